The van der Waals surface area contributed by atoms with Gasteiger partial charge in [-0.2, -0.15) is 0 Å². The molecule has 0 heterocycles. The van der Waals surface area contributed by atoms with Gasteiger partial charge >= 0.3 is 0 Å². The normalized spacial score (nSPS) is 18.6. The molecule has 0 amide bonds. The lowest BCUT2D eigenvalue weighted by Crippen LogP contribution is -2.08. The molecule has 0 unspecified atom stereocenters. The Balaban J connectivity index is 2.27. The molecule has 1 nitrogen and oxygen atoms in total. The van der Waals surface area contributed by atoms with Crippen LogP contribution in [0.4, 0.5) is 0 Å². The van der Waals surface area contributed by atoms with Crippen LogP contribution in [0.1, 0.15) is 50.2 Å². The van der Waals surface area contributed by atoms with Gasteiger partial charge in [0.05, 0.1) is 0 Å². The second-order valence-corrected chi connectivity index (χ2v) is 4.75. The summed E-state index contributed by atoms with van der Waals surface area (Å²) in [6, 6.07) is 8.43. The molecule has 1 aliphatic carbocycles. The predicted octanol–water partition coefficient (Wildman–Crippen LogP) is 4.17. The molecule has 0 saturated heterocycles. The smallest absolute Gasteiger partial charge is 0.158 e. The molecule has 17 heavy (non-hydrogen) atoms. The minimum Gasteiger partial charge on any atom is -0.295 e. The van der Waals surface area contributed by atoms with Gasteiger partial charge in [-0.05, 0) is 48.5 Å². The number of ketones is 1. The van der Waals surface area contributed by atoms with Gasteiger partial charge in [0.25, 0.3) is 0 Å². The number of Topliss-reactive ketones (excluding diaryl/α,β-unsaturated/α-hetero) is 1. The quantitative estimate of drug-likeness (QED) is 0.710. The van der Waals surface area contributed by atoms with E-state index in [0.717, 1.165) is 44.1 Å². The molecule has 1 aromatic rings. The first kappa shape index (κ1) is 12.1. The number of benzene rings is 1. The van der Waals surface area contributed by atoms with Crippen LogP contribution < -0.4 is 0 Å². The summed E-state index contributed by atoms with van der Waals surface area (Å²) in [4.78, 5) is 11.8. The zero-order valence-electron chi connectivity index (χ0n) is 10.5. The molecule has 1 aliphatic rings. The van der Waals surface area contributed by atoms with Gasteiger partial charge in [0.15, 0.2) is 5.78 Å². The molecule has 0 atom stereocenters. The number of hydrogen-bond acceptors (Lipinski definition) is 1. The van der Waals surface area contributed by atoms with E-state index >= 15 is 0 Å². The molecule has 1 saturated carbocycles. The fraction of sp³-hybridized carbons (Fsp3) is 0.438. The van der Waals surface area contributed by atoms with E-state index in [9.17, 15) is 4.79 Å². The molecule has 1 fully saturated rings. The van der Waals surface area contributed by atoms with Crippen molar-refractivity contribution in [3.05, 3.63) is 41.0 Å². The Labute approximate surface area is 104 Å². The number of aryl methyl sites for hydroxylation is 1. The first-order valence-electron chi connectivity index (χ1n) is 6.63. The summed E-state index contributed by atoms with van der Waals surface area (Å²) >= 11 is 0. The lowest BCUT2D eigenvalue weighted by Gasteiger charge is -2.13. The van der Waals surface area contributed by atoms with Crippen LogP contribution in [0.25, 0.3) is 6.08 Å². The minimum absolute atomic E-state index is 0.350. The molecule has 0 N–H and O–H groups in total. The van der Waals surface area contributed by atoms with Gasteiger partial charge in [-0.3, -0.25) is 4.79 Å². The standard InChI is InChI=1S/C16H20O/c1-2-7-13-8-3-4-9-14(13)12-15-10-5-6-11-16(15)17/h3-4,8-9,12H,2,5-7,10-11H2,1H3. The van der Waals surface area contributed by atoms with E-state index in [2.05, 4.69) is 37.3 Å². The second kappa shape index (κ2) is 5.81. The maximum Gasteiger partial charge on any atom is 0.158 e. The number of carbonyl (C=O) groups is 1. The zero-order valence-corrected chi connectivity index (χ0v) is 10.5. The Bertz CT molecular complexity index is 429. The van der Waals surface area contributed by atoms with E-state index < -0.39 is 0 Å². The second-order valence-electron chi connectivity index (χ2n) is 4.75. The highest BCUT2D eigenvalue weighted by molar-refractivity contribution is 6.00. The van der Waals surface area contributed by atoms with Crippen molar-refractivity contribution in [2.75, 3.05) is 0 Å². The number of rotatable bonds is 3. The summed E-state index contributed by atoms with van der Waals surface area (Å²) in [5.74, 6) is 0.350. The molecular formula is C16H20O. The monoisotopic (exact) mass is 228 g/mol. The highest BCUT2D eigenvalue weighted by Gasteiger charge is 2.14. The highest BCUT2D eigenvalue weighted by atomic mass is 16.1. The van der Waals surface area contributed by atoms with Crippen molar-refractivity contribution in [1.29, 1.82) is 0 Å². The maximum absolute atomic E-state index is 11.8. The highest BCUT2D eigenvalue weighted by Crippen LogP contribution is 2.23. The topological polar surface area (TPSA) is 17.1 Å². The molecular weight excluding hydrogens is 208 g/mol. The molecule has 0 spiro atoms. The Kier molecular flexibility index (Phi) is 4.13. The molecule has 2 rings (SSSR count). The number of carbonyl (C=O) groups excluding carboxylic acids is 1. The van der Waals surface area contributed by atoms with Gasteiger partial charge in [-0.1, -0.05) is 37.6 Å². The van der Waals surface area contributed by atoms with Crippen LogP contribution >= 0.6 is 0 Å². The van der Waals surface area contributed by atoms with Crippen molar-refractivity contribution in [3.8, 4) is 0 Å². The van der Waals surface area contributed by atoms with E-state index in [0.29, 0.717) is 5.78 Å². The van der Waals surface area contributed by atoms with Crippen molar-refractivity contribution in [2.24, 2.45) is 0 Å². The van der Waals surface area contributed by atoms with Crippen LogP contribution in [0.5, 0.6) is 0 Å². The lowest BCUT2D eigenvalue weighted by atomic mass is 9.91. The average molecular weight is 228 g/mol. The third kappa shape index (κ3) is 3.06. The van der Waals surface area contributed by atoms with E-state index in [1.165, 1.54) is 11.1 Å². The Hall–Kier alpha value is -1.37. The first-order valence-corrected chi connectivity index (χ1v) is 6.63. The Morgan fingerprint density at radius 2 is 1.94 bits per heavy atom. The van der Waals surface area contributed by atoms with Crippen molar-refractivity contribution >= 4 is 11.9 Å². The molecule has 0 aliphatic heterocycles. The summed E-state index contributed by atoms with van der Waals surface area (Å²) in [6.45, 7) is 2.19. The van der Waals surface area contributed by atoms with Crippen LogP contribution in [0.3, 0.4) is 0 Å². The van der Waals surface area contributed by atoms with E-state index in [1.54, 1.807) is 0 Å². The minimum atomic E-state index is 0.350. The zero-order chi connectivity index (χ0) is 12.1. The van der Waals surface area contributed by atoms with Crippen molar-refractivity contribution < 1.29 is 4.79 Å². The molecule has 0 aromatic heterocycles. The average Bonchev–Trinajstić information content (AvgIpc) is 2.35. The maximum atomic E-state index is 11.8. The lowest BCUT2D eigenvalue weighted by molar-refractivity contribution is -0.116. The van der Waals surface area contributed by atoms with Crippen LogP contribution in [0, 0.1) is 0 Å². The SMILES string of the molecule is CCCc1ccccc1C=C1CCCCC1=O. The van der Waals surface area contributed by atoms with Crippen LogP contribution in [0.2, 0.25) is 0 Å². The molecule has 0 radical (unpaired) electrons. The number of hydrogen-bond donors (Lipinski definition) is 0. The van der Waals surface area contributed by atoms with Gasteiger partial charge in [0, 0.05) is 6.42 Å². The van der Waals surface area contributed by atoms with Crippen LogP contribution in [0.15, 0.2) is 29.8 Å². The van der Waals surface area contributed by atoms with Gasteiger partial charge in [0.1, 0.15) is 0 Å². The van der Waals surface area contributed by atoms with Crippen LogP contribution in [-0.2, 0) is 11.2 Å². The van der Waals surface area contributed by atoms with E-state index in [-0.39, 0.29) is 0 Å². The fourth-order valence-corrected chi connectivity index (χ4v) is 2.41. The Morgan fingerprint density at radius 3 is 2.71 bits per heavy atom. The Morgan fingerprint density at radius 1 is 1.18 bits per heavy atom. The third-order valence-electron chi connectivity index (χ3n) is 3.36. The van der Waals surface area contributed by atoms with Crippen molar-refractivity contribution in [2.45, 2.75) is 45.4 Å². The van der Waals surface area contributed by atoms with E-state index in [1.807, 2.05) is 0 Å². The van der Waals surface area contributed by atoms with Gasteiger partial charge in [0.2, 0.25) is 0 Å². The summed E-state index contributed by atoms with van der Waals surface area (Å²) in [6.07, 6.45) is 8.27. The van der Waals surface area contributed by atoms with Gasteiger partial charge in [-0.15, -0.1) is 0 Å². The molecule has 0 bridgehead atoms. The van der Waals surface area contributed by atoms with Crippen molar-refractivity contribution in [3.63, 3.8) is 0 Å². The molecule has 1 aromatic carbocycles. The summed E-state index contributed by atoms with van der Waals surface area (Å²) in [5.41, 5.74) is 3.63. The molecule has 90 valence electrons. The summed E-state index contributed by atoms with van der Waals surface area (Å²) < 4.78 is 0. The van der Waals surface area contributed by atoms with Gasteiger partial charge in [-0.25, -0.2) is 0 Å². The summed E-state index contributed by atoms with van der Waals surface area (Å²) in [7, 11) is 0. The predicted molar refractivity (Wildman–Crippen MR) is 71.9 cm³/mol. The first-order chi connectivity index (χ1) is 8.31. The molecule has 1 heteroatoms. The van der Waals surface area contributed by atoms with Gasteiger partial charge < -0.3 is 0 Å². The van der Waals surface area contributed by atoms with Crippen molar-refractivity contribution in [1.82, 2.24) is 0 Å². The third-order valence-corrected chi connectivity index (χ3v) is 3.36. The number of allylic oxidation sites excluding steroid dienone is 1. The van der Waals surface area contributed by atoms with E-state index in [4.69, 9.17) is 0 Å². The van der Waals surface area contributed by atoms with Crippen LogP contribution in [-0.4, -0.2) is 5.78 Å². The fourth-order valence-electron chi connectivity index (χ4n) is 2.41. The largest absolute Gasteiger partial charge is 0.295 e. The summed E-state index contributed by atoms with van der Waals surface area (Å²) in [5, 5.41) is 0.